The van der Waals surface area contributed by atoms with E-state index in [1.165, 1.54) is 25.7 Å². The minimum atomic E-state index is -4.21. The lowest BCUT2D eigenvalue weighted by molar-refractivity contribution is -0.174. The van der Waals surface area contributed by atoms with E-state index >= 15 is 0 Å². The lowest BCUT2D eigenvalue weighted by Gasteiger charge is -2.39. The smallest absolute Gasteiger partial charge is 0.372 e. The van der Waals surface area contributed by atoms with Crippen LogP contribution in [-0.2, 0) is 4.74 Å². The first-order chi connectivity index (χ1) is 9.81. The number of alkyl halides is 3. The van der Waals surface area contributed by atoms with Crippen molar-refractivity contribution in [2.24, 2.45) is 17.3 Å². The van der Waals surface area contributed by atoms with Crippen LogP contribution in [0.4, 0.5) is 13.2 Å². The maximum atomic E-state index is 12.1. The number of fused-ring (bicyclic) bond motifs is 2. The molecule has 2 aliphatic carbocycles. The summed E-state index contributed by atoms with van der Waals surface area (Å²) in [7, 11) is 0. The van der Waals surface area contributed by atoms with Gasteiger partial charge in [0.2, 0.25) is 0 Å². The molecule has 1 N–H and O–H groups in total. The summed E-state index contributed by atoms with van der Waals surface area (Å²) >= 11 is 0. The molecule has 0 saturated heterocycles. The quantitative estimate of drug-likeness (QED) is 0.680. The summed E-state index contributed by atoms with van der Waals surface area (Å²) in [6.45, 7) is 4.41. The third kappa shape index (κ3) is 4.85. The van der Waals surface area contributed by atoms with Crippen molar-refractivity contribution in [3.05, 3.63) is 0 Å². The molecule has 0 spiro atoms. The maximum absolute atomic E-state index is 12.1. The summed E-state index contributed by atoms with van der Waals surface area (Å²) < 4.78 is 40.9. The molecule has 0 radical (unpaired) electrons. The zero-order chi connectivity index (χ0) is 15.5. The van der Waals surface area contributed by atoms with E-state index in [2.05, 4.69) is 19.2 Å². The summed E-state index contributed by atoms with van der Waals surface area (Å²) in [5.41, 5.74) is 0.300. The van der Waals surface area contributed by atoms with E-state index in [0.29, 0.717) is 11.5 Å². The molecule has 2 bridgehead atoms. The predicted octanol–water partition coefficient (Wildman–Crippen LogP) is 4.15. The van der Waals surface area contributed by atoms with Gasteiger partial charge in [0, 0.05) is 19.2 Å². The van der Waals surface area contributed by atoms with Crippen LogP contribution in [-0.4, -0.2) is 32.0 Å². The molecule has 21 heavy (non-hydrogen) atoms. The summed E-state index contributed by atoms with van der Waals surface area (Å²) in [5, 5.41) is 3.56. The summed E-state index contributed by atoms with van der Waals surface area (Å²) in [6, 6.07) is 0.461. The Labute approximate surface area is 125 Å². The molecule has 0 aromatic carbocycles. The Hall–Kier alpha value is -0.290. The number of ether oxygens (including phenoxy) is 1. The molecule has 2 nitrogen and oxygen atoms in total. The highest BCUT2D eigenvalue weighted by molar-refractivity contribution is 5.01. The molecule has 3 atom stereocenters. The standard InChI is InChI=1S/C16H28F3NO/c1-12(2)20-10-15(9-13-4-5-14(15)8-13)6-3-7-21-11-16(17,18)19/h12-14,20H,3-11H2,1-2H3. The van der Waals surface area contributed by atoms with Gasteiger partial charge in [0.1, 0.15) is 6.61 Å². The average molecular weight is 307 g/mol. The van der Waals surface area contributed by atoms with Crippen LogP contribution in [0.3, 0.4) is 0 Å². The molecule has 0 amide bonds. The second-order valence-corrected chi connectivity index (χ2v) is 7.25. The Morgan fingerprint density at radius 1 is 1.29 bits per heavy atom. The van der Waals surface area contributed by atoms with E-state index in [1.54, 1.807) is 0 Å². The van der Waals surface area contributed by atoms with Crippen molar-refractivity contribution in [2.45, 2.75) is 64.6 Å². The van der Waals surface area contributed by atoms with Gasteiger partial charge in [-0.25, -0.2) is 0 Å². The van der Waals surface area contributed by atoms with Gasteiger partial charge in [0.05, 0.1) is 0 Å². The minimum Gasteiger partial charge on any atom is -0.372 e. The van der Waals surface area contributed by atoms with Crippen LogP contribution in [0.2, 0.25) is 0 Å². The molecular weight excluding hydrogens is 279 g/mol. The Bertz CT molecular complexity index is 332. The maximum Gasteiger partial charge on any atom is 0.411 e. The zero-order valence-corrected chi connectivity index (χ0v) is 13.1. The van der Waals surface area contributed by atoms with E-state index in [-0.39, 0.29) is 6.61 Å². The first-order valence-corrected chi connectivity index (χ1v) is 8.19. The molecule has 0 aromatic heterocycles. The fourth-order valence-electron chi connectivity index (χ4n) is 4.29. The van der Waals surface area contributed by atoms with E-state index < -0.39 is 12.8 Å². The Morgan fingerprint density at radius 3 is 2.57 bits per heavy atom. The van der Waals surface area contributed by atoms with Crippen LogP contribution < -0.4 is 5.32 Å². The third-order valence-corrected chi connectivity index (χ3v) is 5.19. The fourth-order valence-corrected chi connectivity index (χ4v) is 4.29. The lowest BCUT2D eigenvalue weighted by atomic mass is 9.70. The number of hydrogen-bond acceptors (Lipinski definition) is 2. The van der Waals surface area contributed by atoms with Gasteiger partial charge in [-0.1, -0.05) is 20.3 Å². The van der Waals surface area contributed by atoms with Crippen molar-refractivity contribution in [1.82, 2.24) is 5.32 Å². The van der Waals surface area contributed by atoms with E-state index in [9.17, 15) is 13.2 Å². The molecule has 0 heterocycles. The van der Waals surface area contributed by atoms with Crippen LogP contribution in [0.15, 0.2) is 0 Å². The predicted molar refractivity (Wildman–Crippen MR) is 77.1 cm³/mol. The monoisotopic (exact) mass is 307 g/mol. The van der Waals surface area contributed by atoms with Crippen LogP contribution in [0.25, 0.3) is 0 Å². The molecule has 2 saturated carbocycles. The van der Waals surface area contributed by atoms with Gasteiger partial charge in [-0.3, -0.25) is 0 Å². The van der Waals surface area contributed by atoms with Crippen LogP contribution >= 0.6 is 0 Å². The van der Waals surface area contributed by atoms with Crippen molar-refractivity contribution in [3.63, 3.8) is 0 Å². The molecule has 3 unspecified atom stereocenters. The molecule has 0 aliphatic heterocycles. The molecule has 5 heteroatoms. The van der Waals surface area contributed by atoms with Crippen molar-refractivity contribution in [1.29, 1.82) is 0 Å². The fraction of sp³-hybridized carbons (Fsp3) is 1.00. The van der Waals surface area contributed by atoms with Gasteiger partial charge in [-0.15, -0.1) is 0 Å². The molecular formula is C16H28F3NO. The van der Waals surface area contributed by atoms with E-state index in [4.69, 9.17) is 4.74 Å². The number of rotatable bonds is 8. The first kappa shape index (κ1) is 17.1. The second kappa shape index (κ2) is 6.86. The number of nitrogens with one attached hydrogen (secondary N) is 1. The molecule has 0 aromatic rings. The van der Waals surface area contributed by atoms with Crippen molar-refractivity contribution in [3.8, 4) is 0 Å². The number of hydrogen-bond donors (Lipinski definition) is 1. The van der Waals surface area contributed by atoms with E-state index in [1.807, 2.05) is 0 Å². The van der Waals surface area contributed by atoms with Crippen LogP contribution in [0, 0.1) is 17.3 Å². The minimum absolute atomic E-state index is 0.223. The Balaban J connectivity index is 1.78. The largest absolute Gasteiger partial charge is 0.411 e. The lowest BCUT2D eigenvalue weighted by Crippen LogP contribution is -2.41. The zero-order valence-electron chi connectivity index (χ0n) is 13.1. The van der Waals surface area contributed by atoms with Gasteiger partial charge in [-0.2, -0.15) is 13.2 Å². The van der Waals surface area contributed by atoms with Gasteiger partial charge in [0.25, 0.3) is 0 Å². The highest BCUT2D eigenvalue weighted by Crippen LogP contribution is 2.57. The first-order valence-electron chi connectivity index (χ1n) is 8.19. The molecule has 2 fully saturated rings. The Kier molecular flexibility index (Phi) is 5.58. The van der Waals surface area contributed by atoms with Gasteiger partial charge < -0.3 is 10.1 Å². The summed E-state index contributed by atoms with van der Waals surface area (Å²) in [5.74, 6) is 1.61. The van der Waals surface area contributed by atoms with Crippen molar-refractivity contribution >= 4 is 0 Å². The summed E-state index contributed by atoms with van der Waals surface area (Å²) in [4.78, 5) is 0. The molecule has 2 rings (SSSR count). The van der Waals surface area contributed by atoms with Gasteiger partial charge in [-0.05, 0) is 49.4 Å². The Morgan fingerprint density at radius 2 is 2.05 bits per heavy atom. The highest BCUT2D eigenvalue weighted by atomic mass is 19.4. The van der Waals surface area contributed by atoms with E-state index in [0.717, 1.165) is 31.2 Å². The highest BCUT2D eigenvalue weighted by Gasteiger charge is 2.49. The average Bonchev–Trinajstić information content (AvgIpc) is 2.95. The second-order valence-electron chi connectivity index (χ2n) is 7.25. The third-order valence-electron chi connectivity index (χ3n) is 5.19. The van der Waals surface area contributed by atoms with Crippen molar-refractivity contribution in [2.75, 3.05) is 19.8 Å². The molecule has 2 aliphatic rings. The van der Waals surface area contributed by atoms with Gasteiger partial charge in [0.15, 0.2) is 0 Å². The van der Waals surface area contributed by atoms with Crippen LogP contribution in [0.1, 0.15) is 52.4 Å². The normalized spacial score (nSPS) is 32.3. The van der Waals surface area contributed by atoms with Gasteiger partial charge >= 0.3 is 6.18 Å². The van der Waals surface area contributed by atoms with Crippen molar-refractivity contribution < 1.29 is 17.9 Å². The SMILES string of the molecule is CC(C)NCC1(CCCOCC(F)(F)F)CC2CCC1C2. The number of halogens is 3. The molecule has 124 valence electrons. The summed E-state index contributed by atoms with van der Waals surface area (Å²) in [6.07, 6.45) is 2.74. The topological polar surface area (TPSA) is 21.3 Å². The van der Waals surface area contributed by atoms with Crippen LogP contribution in [0.5, 0.6) is 0 Å².